The Balaban J connectivity index is 2.53. The smallest absolute Gasteiger partial charge is 0.348 e. The summed E-state index contributed by atoms with van der Waals surface area (Å²) in [7, 11) is 0. The average Bonchev–Trinajstić information content (AvgIpc) is 2.74. The van der Waals surface area contributed by atoms with Crippen molar-refractivity contribution in [3.8, 4) is 11.3 Å². The Kier molecular flexibility index (Phi) is 3.19. The summed E-state index contributed by atoms with van der Waals surface area (Å²) in [6, 6.07) is 5.67. The zero-order valence-corrected chi connectivity index (χ0v) is 9.92. The number of nitrogens with zero attached hydrogens (tertiary/aromatic N) is 1. The molecule has 0 aliphatic heterocycles. The predicted octanol–water partition coefficient (Wildman–Crippen LogP) is 3.21. The van der Waals surface area contributed by atoms with Crippen LogP contribution in [-0.2, 0) is 6.42 Å². The molecule has 17 heavy (non-hydrogen) atoms. The molecule has 0 bridgehead atoms. The fraction of sp³-hybridized carbons (Fsp3) is 0.167. The molecule has 0 spiro atoms. The van der Waals surface area contributed by atoms with Crippen LogP contribution >= 0.6 is 11.3 Å². The van der Waals surface area contributed by atoms with E-state index in [4.69, 9.17) is 5.11 Å². The number of hydrogen-bond acceptors (Lipinski definition) is 3. The van der Waals surface area contributed by atoms with Gasteiger partial charge in [0.1, 0.15) is 10.7 Å². The van der Waals surface area contributed by atoms with Crippen molar-refractivity contribution in [1.82, 2.24) is 4.98 Å². The highest BCUT2D eigenvalue weighted by Crippen LogP contribution is 2.28. The number of aromatic nitrogens is 1. The number of aromatic carboxylic acids is 1. The SMILES string of the molecule is CCc1nc(-c2ccc(F)cc2)c(C(=O)O)s1. The Labute approximate surface area is 102 Å². The van der Waals surface area contributed by atoms with Gasteiger partial charge in [-0.15, -0.1) is 11.3 Å². The number of carboxylic acid groups (broad SMARTS) is 1. The highest BCUT2D eigenvalue weighted by Gasteiger charge is 2.17. The minimum absolute atomic E-state index is 0.202. The lowest BCUT2D eigenvalue weighted by atomic mass is 10.1. The first-order valence-corrected chi connectivity index (χ1v) is 5.92. The fourth-order valence-electron chi connectivity index (χ4n) is 1.46. The van der Waals surface area contributed by atoms with Gasteiger partial charge in [-0.1, -0.05) is 6.92 Å². The molecule has 2 aromatic rings. The van der Waals surface area contributed by atoms with Crippen LogP contribution in [0.5, 0.6) is 0 Å². The van der Waals surface area contributed by atoms with Crippen LogP contribution < -0.4 is 0 Å². The van der Waals surface area contributed by atoms with E-state index in [2.05, 4.69) is 4.98 Å². The maximum Gasteiger partial charge on any atom is 0.348 e. The van der Waals surface area contributed by atoms with E-state index >= 15 is 0 Å². The molecule has 1 aromatic carbocycles. The Morgan fingerprint density at radius 2 is 2.06 bits per heavy atom. The van der Waals surface area contributed by atoms with E-state index in [-0.39, 0.29) is 10.7 Å². The number of rotatable bonds is 3. The van der Waals surface area contributed by atoms with Gasteiger partial charge in [0.05, 0.1) is 10.7 Å². The first-order valence-electron chi connectivity index (χ1n) is 5.10. The minimum atomic E-state index is -0.999. The van der Waals surface area contributed by atoms with Crippen LogP contribution in [0.3, 0.4) is 0 Å². The van der Waals surface area contributed by atoms with Gasteiger partial charge in [-0.2, -0.15) is 0 Å². The number of benzene rings is 1. The number of aryl methyl sites for hydroxylation is 1. The van der Waals surface area contributed by atoms with E-state index in [1.807, 2.05) is 6.92 Å². The Hall–Kier alpha value is -1.75. The summed E-state index contributed by atoms with van der Waals surface area (Å²) in [6.07, 6.45) is 0.687. The highest BCUT2D eigenvalue weighted by molar-refractivity contribution is 7.14. The zero-order chi connectivity index (χ0) is 12.4. The number of carboxylic acids is 1. The van der Waals surface area contributed by atoms with Crippen molar-refractivity contribution < 1.29 is 14.3 Å². The van der Waals surface area contributed by atoms with Crippen LogP contribution in [0, 0.1) is 5.82 Å². The topological polar surface area (TPSA) is 50.2 Å². The first kappa shape index (κ1) is 11.7. The van der Waals surface area contributed by atoms with Crippen LogP contribution in [0.4, 0.5) is 4.39 Å². The van der Waals surface area contributed by atoms with Gasteiger partial charge in [0.15, 0.2) is 0 Å². The second-order valence-electron chi connectivity index (χ2n) is 3.45. The molecule has 1 aromatic heterocycles. The summed E-state index contributed by atoms with van der Waals surface area (Å²) in [4.78, 5) is 15.6. The molecule has 0 saturated heterocycles. The summed E-state index contributed by atoms with van der Waals surface area (Å²) in [5.74, 6) is -1.35. The quantitative estimate of drug-likeness (QED) is 0.911. The monoisotopic (exact) mass is 251 g/mol. The molecule has 1 N–H and O–H groups in total. The van der Waals surface area contributed by atoms with Crippen LogP contribution in [-0.4, -0.2) is 16.1 Å². The molecular weight excluding hydrogens is 241 g/mol. The number of hydrogen-bond donors (Lipinski definition) is 1. The second kappa shape index (κ2) is 4.63. The largest absolute Gasteiger partial charge is 0.477 e. The van der Waals surface area contributed by atoms with Gasteiger partial charge in [0.25, 0.3) is 0 Å². The van der Waals surface area contributed by atoms with Crippen LogP contribution in [0.1, 0.15) is 21.6 Å². The van der Waals surface area contributed by atoms with Gasteiger partial charge in [-0.25, -0.2) is 14.2 Å². The molecule has 3 nitrogen and oxygen atoms in total. The van der Waals surface area contributed by atoms with Crippen LogP contribution in [0.2, 0.25) is 0 Å². The molecule has 1 heterocycles. The Morgan fingerprint density at radius 1 is 1.41 bits per heavy atom. The van der Waals surface area contributed by atoms with Crippen molar-refractivity contribution in [1.29, 1.82) is 0 Å². The van der Waals surface area contributed by atoms with Crippen molar-refractivity contribution in [3.05, 3.63) is 40.0 Å². The lowest BCUT2D eigenvalue weighted by molar-refractivity contribution is 0.0702. The zero-order valence-electron chi connectivity index (χ0n) is 9.11. The van der Waals surface area contributed by atoms with Gasteiger partial charge >= 0.3 is 5.97 Å². The molecule has 0 aliphatic rings. The lowest BCUT2D eigenvalue weighted by Gasteiger charge is -1.98. The van der Waals surface area contributed by atoms with E-state index in [9.17, 15) is 9.18 Å². The molecule has 0 radical (unpaired) electrons. The van der Waals surface area contributed by atoms with Gasteiger partial charge < -0.3 is 5.11 Å². The summed E-state index contributed by atoms with van der Waals surface area (Å²) < 4.78 is 12.8. The second-order valence-corrected chi connectivity index (χ2v) is 4.53. The van der Waals surface area contributed by atoms with Crippen molar-refractivity contribution >= 4 is 17.3 Å². The molecule has 88 valence electrons. The molecule has 0 fully saturated rings. The summed E-state index contributed by atoms with van der Waals surface area (Å²) in [6.45, 7) is 1.92. The Morgan fingerprint density at radius 3 is 2.59 bits per heavy atom. The third-order valence-electron chi connectivity index (χ3n) is 2.29. The predicted molar refractivity (Wildman–Crippen MR) is 63.8 cm³/mol. The maximum absolute atomic E-state index is 12.8. The fourth-order valence-corrected chi connectivity index (χ4v) is 2.33. The molecule has 0 saturated carbocycles. The summed E-state index contributed by atoms with van der Waals surface area (Å²) >= 11 is 1.16. The molecule has 2 rings (SSSR count). The normalized spacial score (nSPS) is 10.5. The number of thiazole rings is 1. The highest BCUT2D eigenvalue weighted by atomic mass is 32.1. The van der Waals surface area contributed by atoms with Crippen molar-refractivity contribution in [3.63, 3.8) is 0 Å². The maximum atomic E-state index is 12.8. The molecule has 5 heteroatoms. The van der Waals surface area contributed by atoms with E-state index < -0.39 is 5.97 Å². The van der Waals surface area contributed by atoms with Crippen molar-refractivity contribution in [2.75, 3.05) is 0 Å². The first-order chi connectivity index (χ1) is 8.11. The van der Waals surface area contributed by atoms with E-state index in [0.29, 0.717) is 17.7 Å². The van der Waals surface area contributed by atoms with E-state index in [1.165, 1.54) is 24.3 Å². The molecule has 0 atom stereocenters. The van der Waals surface area contributed by atoms with E-state index in [1.54, 1.807) is 0 Å². The number of carbonyl (C=O) groups is 1. The average molecular weight is 251 g/mol. The van der Waals surface area contributed by atoms with Gasteiger partial charge in [0.2, 0.25) is 0 Å². The third-order valence-corrected chi connectivity index (χ3v) is 3.47. The minimum Gasteiger partial charge on any atom is -0.477 e. The van der Waals surface area contributed by atoms with Gasteiger partial charge in [0, 0.05) is 5.56 Å². The molecular formula is C12H10FNO2S. The van der Waals surface area contributed by atoms with Crippen LogP contribution in [0.15, 0.2) is 24.3 Å². The van der Waals surface area contributed by atoms with E-state index in [0.717, 1.165) is 16.3 Å². The van der Waals surface area contributed by atoms with Crippen LogP contribution in [0.25, 0.3) is 11.3 Å². The summed E-state index contributed by atoms with van der Waals surface area (Å²) in [5, 5.41) is 9.85. The standard InChI is InChI=1S/C12H10FNO2S/c1-2-9-14-10(11(17-9)12(15)16)7-3-5-8(13)6-4-7/h3-6H,2H2,1H3,(H,15,16). The van der Waals surface area contributed by atoms with Crippen molar-refractivity contribution in [2.45, 2.75) is 13.3 Å². The number of halogens is 1. The Bertz CT molecular complexity index is 548. The third kappa shape index (κ3) is 2.34. The molecule has 0 unspecified atom stereocenters. The molecule has 0 amide bonds. The molecule has 0 aliphatic carbocycles. The summed E-state index contributed by atoms with van der Waals surface area (Å²) in [5.41, 5.74) is 1.04. The van der Waals surface area contributed by atoms with Crippen molar-refractivity contribution in [2.24, 2.45) is 0 Å². The van der Waals surface area contributed by atoms with Gasteiger partial charge in [-0.05, 0) is 30.7 Å². The van der Waals surface area contributed by atoms with Gasteiger partial charge in [-0.3, -0.25) is 0 Å². The lowest BCUT2D eigenvalue weighted by Crippen LogP contribution is -1.95.